The van der Waals surface area contributed by atoms with Gasteiger partial charge in [0.2, 0.25) is 15.0 Å². The average Bonchev–Trinajstić information content (AvgIpc) is 3.35. The van der Waals surface area contributed by atoms with Gasteiger partial charge in [-0.3, -0.25) is 0 Å². The molecule has 0 aliphatic carbocycles. The fraction of sp³-hybridized carbons (Fsp3) is 0.238. The molecule has 0 unspecified atom stereocenters. The summed E-state index contributed by atoms with van der Waals surface area (Å²) in [5.74, 6) is 1.49. The lowest BCUT2D eigenvalue weighted by atomic mass is 10.1. The third kappa shape index (κ3) is 4.27. The lowest BCUT2D eigenvalue weighted by Crippen LogP contribution is -2.26. The van der Waals surface area contributed by atoms with E-state index in [-0.39, 0.29) is 11.4 Å². The van der Waals surface area contributed by atoms with Crippen LogP contribution in [0, 0.1) is 6.92 Å². The van der Waals surface area contributed by atoms with Crippen molar-refractivity contribution in [2.75, 3.05) is 20.8 Å². The summed E-state index contributed by atoms with van der Waals surface area (Å²) in [6, 6.07) is 12.4. The molecule has 162 valence electrons. The van der Waals surface area contributed by atoms with Crippen LogP contribution in [0.25, 0.3) is 16.3 Å². The molecule has 0 bridgehead atoms. The van der Waals surface area contributed by atoms with Gasteiger partial charge < -0.3 is 9.47 Å². The molecular weight excluding hydrogens is 436 g/mol. The molecule has 0 atom stereocenters. The van der Waals surface area contributed by atoms with Crippen LogP contribution in [-0.4, -0.2) is 43.8 Å². The number of nitrogens with zero attached hydrogens (tertiary/aromatic N) is 3. The minimum atomic E-state index is -3.70. The second-order valence-corrected chi connectivity index (χ2v) is 9.44. The third-order valence-electron chi connectivity index (χ3n) is 4.87. The molecule has 2 heterocycles. The fourth-order valence-electron chi connectivity index (χ4n) is 3.22. The smallest absolute Gasteiger partial charge is 0.240 e. The van der Waals surface area contributed by atoms with Gasteiger partial charge >= 0.3 is 0 Å². The maximum absolute atomic E-state index is 12.7. The maximum Gasteiger partial charge on any atom is 0.240 e. The standard InChI is InChI=1S/C21H22N4O4S2/c1-14-6-4-5-7-17(14)20-23-21-25(24-20)15(13-30-21)10-11-22-31(26,27)16-8-9-18(28-2)19(12-16)29-3/h4-9,12-13,22H,10-11H2,1-3H3. The van der Waals surface area contributed by atoms with Crippen molar-refractivity contribution in [2.24, 2.45) is 0 Å². The van der Waals surface area contributed by atoms with E-state index in [0.717, 1.165) is 21.8 Å². The highest BCUT2D eigenvalue weighted by atomic mass is 32.2. The van der Waals surface area contributed by atoms with Gasteiger partial charge in [0.25, 0.3) is 0 Å². The van der Waals surface area contributed by atoms with Crippen molar-refractivity contribution in [3.05, 3.63) is 59.1 Å². The van der Waals surface area contributed by atoms with Gasteiger partial charge in [-0.15, -0.1) is 16.4 Å². The van der Waals surface area contributed by atoms with Crippen molar-refractivity contribution < 1.29 is 17.9 Å². The molecule has 31 heavy (non-hydrogen) atoms. The molecule has 10 heteroatoms. The van der Waals surface area contributed by atoms with E-state index in [9.17, 15) is 8.42 Å². The van der Waals surface area contributed by atoms with Crippen LogP contribution in [-0.2, 0) is 16.4 Å². The first kappa shape index (κ1) is 21.3. The molecule has 0 amide bonds. The van der Waals surface area contributed by atoms with Gasteiger partial charge in [0.15, 0.2) is 17.3 Å². The fourth-order valence-corrected chi connectivity index (χ4v) is 5.12. The number of sulfonamides is 1. The van der Waals surface area contributed by atoms with E-state index in [2.05, 4.69) is 14.8 Å². The summed E-state index contributed by atoms with van der Waals surface area (Å²) >= 11 is 1.48. The Morgan fingerprint density at radius 3 is 2.61 bits per heavy atom. The highest BCUT2D eigenvalue weighted by Crippen LogP contribution is 2.29. The largest absolute Gasteiger partial charge is 0.493 e. The van der Waals surface area contributed by atoms with Crippen molar-refractivity contribution in [1.29, 1.82) is 0 Å². The number of ether oxygens (including phenoxy) is 2. The van der Waals surface area contributed by atoms with Gasteiger partial charge in [0, 0.05) is 30.0 Å². The number of nitrogens with one attached hydrogen (secondary N) is 1. The van der Waals surface area contributed by atoms with Gasteiger partial charge in [0.05, 0.1) is 24.8 Å². The number of thiazole rings is 1. The number of benzene rings is 2. The van der Waals surface area contributed by atoms with Crippen molar-refractivity contribution in [3.8, 4) is 22.9 Å². The number of hydrogen-bond acceptors (Lipinski definition) is 7. The Labute approximate surface area is 184 Å². The molecule has 0 radical (unpaired) electrons. The molecule has 0 spiro atoms. The van der Waals surface area contributed by atoms with E-state index in [1.54, 1.807) is 10.6 Å². The van der Waals surface area contributed by atoms with Gasteiger partial charge in [-0.2, -0.15) is 4.98 Å². The van der Waals surface area contributed by atoms with Crippen LogP contribution in [0.15, 0.2) is 52.7 Å². The van der Waals surface area contributed by atoms with Gasteiger partial charge in [-0.1, -0.05) is 24.3 Å². The van der Waals surface area contributed by atoms with Crippen LogP contribution in [0.1, 0.15) is 11.3 Å². The number of aryl methyl sites for hydroxylation is 1. The summed E-state index contributed by atoms with van der Waals surface area (Å²) in [6.07, 6.45) is 0.475. The van der Waals surface area contributed by atoms with Crippen LogP contribution >= 0.6 is 11.3 Å². The molecule has 1 N–H and O–H groups in total. The van der Waals surface area contributed by atoms with Gasteiger partial charge in [-0.25, -0.2) is 17.7 Å². The van der Waals surface area contributed by atoms with E-state index in [1.807, 2.05) is 36.6 Å². The predicted molar refractivity (Wildman–Crippen MR) is 119 cm³/mol. The van der Waals surface area contributed by atoms with E-state index < -0.39 is 10.0 Å². The number of rotatable bonds is 8. The summed E-state index contributed by atoms with van der Waals surface area (Å²) < 4.78 is 40.1. The molecule has 2 aromatic carbocycles. The Morgan fingerprint density at radius 1 is 1.10 bits per heavy atom. The van der Waals surface area contributed by atoms with Crippen molar-refractivity contribution in [2.45, 2.75) is 18.2 Å². The second kappa shape index (κ2) is 8.66. The minimum Gasteiger partial charge on any atom is -0.493 e. The Hall–Kier alpha value is -2.95. The monoisotopic (exact) mass is 458 g/mol. The third-order valence-corrected chi connectivity index (χ3v) is 7.20. The first-order valence-electron chi connectivity index (χ1n) is 9.54. The number of methoxy groups -OCH3 is 2. The average molecular weight is 459 g/mol. The SMILES string of the molecule is COc1ccc(S(=O)(=O)NCCc2csc3nc(-c4ccccc4C)nn23)cc1OC. The second-order valence-electron chi connectivity index (χ2n) is 6.84. The van der Waals surface area contributed by atoms with E-state index in [0.29, 0.717) is 23.7 Å². The van der Waals surface area contributed by atoms with E-state index >= 15 is 0 Å². The molecule has 0 saturated heterocycles. The Kier molecular flexibility index (Phi) is 5.94. The van der Waals surface area contributed by atoms with Gasteiger partial charge in [-0.05, 0) is 24.6 Å². The van der Waals surface area contributed by atoms with Crippen LogP contribution in [0.3, 0.4) is 0 Å². The molecule has 2 aromatic heterocycles. The first-order chi connectivity index (χ1) is 14.9. The zero-order valence-corrected chi connectivity index (χ0v) is 19.0. The van der Waals surface area contributed by atoms with Crippen LogP contribution in [0.4, 0.5) is 0 Å². The van der Waals surface area contributed by atoms with Crippen molar-refractivity contribution in [3.63, 3.8) is 0 Å². The molecule has 4 rings (SSSR count). The first-order valence-corrected chi connectivity index (χ1v) is 11.9. The topological polar surface area (TPSA) is 94.8 Å². The number of hydrogen-bond donors (Lipinski definition) is 1. The minimum absolute atomic E-state index is 0.114. The summed E-state index contributed by atoms with van der Waals surface area (Å²) in [5.41, 5.74) is 2.98. The molecule has 0 fully saturated rings. The molecule has 8 nitrogen and oxygen atoms in total. The zero-order chi connectivity index (χ0) is 22.0. The normalized spacial score (nSPS) is 11.7. The van der Waals surface area contributed by atoms with E-state index in [1.165, 1.54) is 37.7 Å². The molecular formula is C21H22N4O4S2. The number of fused-ring (bicyclic) bond motifs is 1. The molecule has 0 saturated carbocycles. The summed E-state index contributed by atoms with van der Waals surface area (Å²) in [6.45, 7) is 2.25. The lowest BCUT2D eigenvalue weighted by molar-refractivity contribution is 0.354. The predicted octanol–water partition coefficient (Wildman–Crippen LogP) is 3.30. The molecule has 0 aliphatic rings. The van der Waals surface area contributed by atoms with Crippen LogP contribution < -0.4 is 14.2 Å². The van der Waals surface area contributed by atoms with E-state index in [4.69, 9.17) is 9.47 Å². The Balaban J connectivity index is 1.49. The van der Waals surface area contributed by atoms with Crippen LogP contribution in [0.2, 0.25) is 0 Å². The Morgan fingerprint density at radius 2 is 1.87 bits per heavy atom. The lowest BCUT2D eigenvalue weighted by Gasteiger charge is -2.11. The van der Waals surface area contributed by atoms with Crippen molar-refractivity contribution in [1.82, 2.24) is 19.3 Å². The van der Waals surface area contributed by atoms with Crippen molar-refractivity contribution >= 4 is 26.3 Å². The maximum atomic E-state index is 12.7. The highest BCUT2D eigenvalue weighted by molar-refractivity contribution is 7.89. The zero-order valence-electron chi connectivity index (χ0n) is 17.3. The quantitative estimate of drug-likeness (QED) is 0.435. The summed E-state index contributed by atoms with van der Waals surface area (Å²) in [5, 5.41) is 6.57. The number of aromatic nitrogens is 3. The molecule has 4 aromatic rings. The van der Waals surface area contributed by atoms with Gasteiger partial charge in [0.1, 0.15) is 0 Å². The molecule has 0 aliphatic heterocycles. The summed E-state index contributed by atoms with van der Waals surface area (Å²) in [4.78, 5) is 5.50. The highest BCUT2D eigenvalue weighted by Gasteiger charge is 2.18. The summed E-state index contributed by atoms with van der Waals surface area (Å²) in [7, 11) is -0.730. The Bertz CT molecular complexity index is 1330. The van der Waals surface area contributed by atoms with Crippen LogP contribution in [0.5, 0.6) is 11.5 Å².